The molecule has 0 bridgehead atoms. The van der Waals surface area contributed by atoms with E-state index in [0.717, 1.165) is 12.0 Å². The molecule has 0 N–H and O–H groups in total. The Morgan fingerprint density at radius 2 is 1.89 bits per heavy atom. The van der Waals surface area contributed by atoms with Gasteiger partial charge in [-0.25, -0.2) is 5.06 Å². The summed E-state index contributed by atoms with van der Waals surface area (Å²) in [6.45, 7) is 0.829. The van der Waals surface area contributed by atoms with Gasteiger partial charge in [-0.3, -0.25) is 14.4 Å². The number of hydrogen-bond acceptors (Lipinski definition) is 6. The maximum atomic E-state index is 12.5. The van der Waals surface area contributed by atoms with Crippen LogP contribution in [0.4, 0.5) is 13.2 Å². The van der Waals surface area contributed by atoms with Crippen molar-refractivity contribution in [2.45, 2.75) is 19.6 Å². The number of benzene rings is 1. The normalized spacial score (nSPS) is 11.2. The SMILES string of the molecule is CC(=O)C(=O)N(Cc1ccc(-c2noc(C(F)(F)F)n2)cc1)OCC=C(Cl)Cl. The zero-order valence-electron chi connectivity index (χ0n) is 14.2. The van der Waals surface area contributed by atoms with Crippen molar-refractivity contribution in [3.8, 4) is 11.4 Å². The van der Waals surface area contributed by atoms with E-state index in [1.165, 1.54) is 30.3 Å². The number of amides is 1. The molecule has 2 rings (SSSR count). The molecule has 12 heteroatoms. The first kappa shape index (κ1) is 21.9. The number of alkyl halides is 3. The van der Waals surface area contributed by atoms with Crippen LogP contribution in [0.25, 0.3) is 11.4 Å². The largest absolute Gasteiger partial charge is 0.471 e. The molecular weight excluding hydrogens is 426 g/mol. The number of carbonyl (C=O) groups is 2. The van der Waals surface area contributed by atoms with Gasteiger partial charge in [0.1, 0.15) is 4.49 Å². The minimum atomic E-state index is -4.74. The van der Waals surface area contributed by atoms with Gasteiger partial charge in [-0.2, -0.15) is 18.2 Å². The van der Waals surface area contributed by atoms with Crippen molar-refractivity contribution in [3.63, 3.8) is 0 Å². The lowest BCUT2D eigenvalue weighted by Gasteiger charge is -2.20. The highest BCUT2D eigenvalue weighted by Crippen LogP contribution is 2.29. The zero-order valence-corrected chi connectivity index (χ0v) is 15.7. The lowest BCUT2D eigenvalue weighted by molar-refractivity contribution is -0.187. The number of hydroxylamine groups is 2. The fourth-order valence-electron chi connectivity index (χ4n) is 1.92. The Labute approximate surface area is 166 Å². The summed E-state index contributed by atoms with van der Waals surface area (Å²) in [6, 6.07) is 5.89. The summed E-state index contributed by atoms with van der Waals surface area (Å²) in [4.78, 5) is 31.7. The second kappa shape index (κ2) is 9.18. The number of ketones is 1. The highest BCUT2D eigenvalue weighted by molar-refractivity contribution is 6.55. The van der Waals surface area contributed by atoms with Gasteiger partial charge in [0.25, 0.3) is 0 Å². The summed E-state index contributed by atoms with van der Waals surface area (Å²) in [6.07, 6.45) is -3.46. The number of rotatable bonds is 7. The molecule has 1 aromatic heterocycles. The summed E-state index contributed by atoms with van der Waals surface area (Å²) in [5.41, 5.74) is 0.795. The number of aromatic nitrogens is 2. The smallest absolute Gasteiger partial charge is 0.329 e. The van der Waals surface area contributed by atoms with Gasteiger partial charge in [-0.15, -0.1) is 0 Å². The van der Waals surface area contributed by atoms with E-state index in [1.54, 1.807) is 0 Å². The van der Waals surface area contributed by atoms with Crippen molar-refractivity contribution >= 4 is 34.9 Å². The third kappa shape index (κ3) is 6.04. The van der Waals surface area contributed by atoms with Gasteiger partial charge in [0.15, 0.2) is 0 Å². The van der Waals surface area contributed by atoms with Crippen LogP contribution >= 0.6 is 23.2 Å². The quantitative estimate of drug-likeness (QED) is 0.481. The summed E-state index contributed by atoms with van der Waals surface area (Å²) in [5.74, 6) is -3.34. The lowest BCUT2D eigenvalue weighted by Crippen LogP contribution is -2.35. The number of nitrogens with zero attached hydrogens (tertiary/aromatic N) is 3. The minimum absolute atomic E-state index is 0.0714. The maximum Gasteiger partial charge on any atom is 0.471 e. The highest BCUT2D eigenvalue weighted by atomic mass is 35.5. The molecule has 0 aliphatic carbocycles. The van der Waals surface area contributed by atoms with E-state index in [9.17, 15) is 22.8 Å². The zero-order chi connectivity index (χ0) is 20.9. The Hall–Kier alpha value is -2.43. The molecule has 0 saturated heterocycles. The first-order valence-corrected chi connectivity index (χ1v) is 8.30. The monoisotopic (exact) mass is 437 g/mol. The molecule has 150 valence electrons. The second-order valence-corrected chi connectivity index (χ2v) is 6.31. The Balaban J connectivity index is 2.13. The molecule has 0 fully saturated rings. The average molecular weight is 438 g/mol. The van der Waals surface area contributed by atoms with Crippen molar-refractivity contribution in [2.24, 2.45) is 0 Å². The Morgan fingerprint density at radius 3 is 2.39 bits per heavy atom. The van der Waals surface area contributed by atoms with E-state index >= 15 is 0 Å². The van der Waals surface area contributed by atoms with Gasteiger partial charge >= 0.3 is 18.0 Å². The fraction of sp³-hybridized carbons (Fsp3) is 0.250. The third-order valence-corrected chi connectivity index (χ3v) is 3.51. The Kier molecular flexibility index (Phi) is 7.17. The van der Waals surface area contributed by atoms with E-state index in [2.05, 4.69) is 14.7 Å². The fourth-order valence-corrected chi connectivity index (χ4v) is 2.05. The summed E-state index contributed by atoms with van der Waals surface area (Å²) < 4.78 is 41.7. The van der Waals surface area contributed by atoms with Crippen LogP contribution in [0.5, 0.6) is 0 Å². The van der Waals surface area contributed by atoms with E-state index in [4.69, 9.17) is 28.0 Å². The van der Waals surface area contributed by atoms with Crippen molar-refractivity contribution in [1.82, 2.24) is 15.2 Å². The molecule has 0 unspecified atom stereocenters. The van der Waals surface area contributed by atoms with Gasteiger partial charge in [-0.05, 0) is 11.6 Å². The van der Waals surface area contributed by atoms with Gasteiger partial charge < -0.3 is 4.52 Å². The second-order valence-electron chi connectivity index (χ2n) is 5.31. The van der Waals surface area contributed by atoms with Crippen LogP contribution in [0.3, 0.4) is 0 Å². The van der Waals surface area contributed by atoms with Crippen LogP contribution in [0.1, 0.15) is 18.4 Å². The Morgan fingerprint density at radius 1 is 1.25 bits per heavy atom. The number of carbonyl (C=O) groups excluding carboxylic acids is 2. The molecule has 2 aromatic rings. The molecule has 1 heterocycles. The van der Waals surface area contributed by atoms with Crippen LogP contribution in [-0.4, -0.2) is 33.5 Å². The van der Waals surface area contributed by atoms with E-state index < -0.39 is 23.8 Å². The van der Waals surface area contributed by atoms with Gasteiger partial charge in [-0.1, -0.05) is 52.6 Å². The third-order valence-electron chi connectivity index (χ3n) is 3.20. The number of Topliss-reactive ketones (excluding diaryl/α,β-unsaturated/α-hetero) is 1. The first-order chi connectivity index (χ1) is 13.1. The van der Waals surface area contributed by atoms with Crippen molar-refractivity contribution in [3.05, 3.63) is 46.3 Å². The topological polar surface area (TPSA) is 85.5 Å². The van der Waals surface area contributed by atoms with Crippen molar-refractivity contribution < 1.29 is 32.1 Å². The van der Waals surface area contributed by atoms with E-state index in [0.29, 0.717) is 5.56 Å². The van der Waals surface area contributed by atoms with Gasteiger partial charge in [0.05, 0.1) is 13.2 Å². The van der Waals surface area contributed by atoms with Crippen LogP contribution in [0.2, 0.25) is 0 Å². The predicted octanol–water partition coefficient (Wildman–Crippen LogP) is 3.92. The highest BCUT2D eigenvalue weighted by Gasteiger charge is 2.38. The summed E-state index contributed by atoms with van der Waals surface area (Å²) >= 11 is 10.9. The van der Waals surface area contributed by atoms with Crippen LogP contribution < -0.4 is 0 Å². The predicted molar refractivity (Wildman–Crippen MR) is 91.7 cm³/mol. The molecular formula is C16H12Cl2F3N3O4. The number of hydrogen-bond donors (Lipinski definition) is 0. The van der Waals surface area contributed by atoms with Gasteiger partial charge in [0, 0.05) is 12.5 Å². The van der Waals surface area contributed by atoms with E-state index in [-0.39, 0.29) is 29.0 Å². The van der Waals surface area contributed by atoms with E-state index in [1.807, 2.05) is 0 Å². The minimum Gasteiger partial charge on any atom is -0.329 e. The molecule has 1 aromatic carbocycles. The molecule has 0 atom stereocenters. The molecule has 0 aliphatic heterocycles. The number of halogens is 5. The lowest BCUT2D eigenvalue weighted by atomic mass is 10.1. The molecule has 28 heavy (non-hydrogen) atoms. The first-order valence-electron chi connectivity index (χ1n) is 7.54. The molecule has 0 saturated carbocycles. The van der Waals surface area contributed by atoms with Crippen molar-refractivity contribution in [1.29, 1.82) is 0 Å². The summed E-state index contributed by atoms with van der Waals surface area (Å²) in [5, 5.41) is 4.10. The molecule has 0 radical (unpaired) electrons. The molecule has 0 spiro atoms. The Bertz CT molecular complexity index is 878. The molecule has 1 amide bonds. The maximum absolute atomic E-state index is 12.5. The van der Waals surface area contributed by atoms with Crippen LogP contribution in [0, 0.1) is 0 Å². The average Bonchev–Trinajstić information content (AvgIpc) is 3.11. The standard InChI is InChI=1S/C16H12Cl2F3N3O4/c1-9(25)14(26)24(27-7-6-12(17)18)8-10-2-4-11(5-3-10)13-22-15(28-23-13)16(19,20)21/h2-6H,7-8H2,1H3. The van der Waals surface area contributed by atoms with Crippen LogP contribution in [-0.2, 0) is 27.1 Å². The molecule has 7 nitrogen and oxygen atoms in total. The van der Waals surface area contributed by atoms with Crippen molar-refractivity contribution in [2.75, 3.05) is 6.61 Å². The molecule has 0 aliphatic rings. The van der Waals surface area contributed by atoms with Gasteiger partial charge in [0.2, 0.25) is 11.6 Å². The summed E-state index contributed by atoms with van der Waals surface area (Å²) in [7, 11) is 0. The van der Waals surface area contributed by atoms with Crippen LogP contribution in [0.15, 0.2) is 39.4 Å².